The monoisotopic (exact) mass is 414 g/mol. The maximum Gasteiger partial charge on any atom is 0.306 e. The van der Waals surface area contributed by atoms with Gasteiger partial charge in [-0.05, 0) is 0 Å². The van der Waals surface area contributed by atoms with Crippen LogP contribution in [0, 0.1) is 0 Å². The average Bonchev–Trinajstić information content (AvgIpc) is 2.68. The van der Waals surface area contributed by atoms with Gasteiger partial charge in [-0.2, -0.15) is 0 Å². The number of carbonyl (C=O) groups is 2. The number of hydrogen-bond acceptors (Lipinski definition) is 12. The molecule has 0 aromatic heterocycles. The Hall–Kier alpha value is -1.38. The molecule has 0 amide bonds. The number of aliphatic hydroxyl groups is 6. The van der Waals surface area contributed by atoms with Crippen LogP contribution >= 0.6 is 0 Å². The van der Waals surface area contributed by atoms with Gasteiger partial charge in [-0.3, -0.25) is 9.59 Å². The number of rotatable bonds is 17. The Morgan fingerprint density at radius 2 is 0.893 bits per heavy atom. The highest BCUT2D eigenvalue weighted by Gasteiger charge is 2.14. The van der Waals surface area contributed by atoms with Crippen LogP contribution in [0.4, 0.5) is 0 Å². The van der Waals surface area contributed by atoms with Crippen LogP contribution < -0.4 is 0 Å². The molecule has 0 radical (unpaired) electrons. The van der Waals surface area contributed by atoms with Gasteiger partial charge in [-0.25, -0.2) is 0 Å². The van der Waals surface area contributed by atoms with Crippen molar-refractivity contribution >= 4 is 11.9 Å². The van der Waals surface area contributed by atoms with Crippen LogP contribution in [0.5, 0.6) is 0 Å². The second kappa shape index (κ2) is 16.6. The molecule has 0 fully saturated rings. The number of hydrogen-bond donors (Lipinski definition) is 6. The van der Waals surface area contributed by atoms with E-state index < -0.39 is 49.6 Å². The van der Waals surface area contributed by atoms with Crippen LogP contribution in [0.3, 0.4) is 0 Å². The Labute approximate surface area is 162 Å². The lowest BCUT2D eigenvalue weighted by Gasteiger charge is -2.14. The summed E-state index contributed by atoms with van der Waals surface area (Å²) < 4.78 is 19.3. The third-order valence-corrected chi connectivity index (χ3v) is 3.07. The Morgan fingerprint density at radius 1 is 0.571 bits per heavy atom. The van der Waals surface area contributed by atoms with Crippen molar-refractivity contribution in [3.05, 3.63) is 0 Å². The number of esters is 2. The van der Waals surface area contributed by atoms with E-state index in [0.29, 0.717) is 0 Å². The zero-order valence-electron chi connectivity index (χ0n) is 15.5. The van der Waals surface area contributed by atoms with Crippen molar-refractivity contribution in [2.24, 2.45) is 0 Å². The van der Waals surface area contributed by atoms with E-state index in [2.05, 4.69) is 0 Å². The van der Waals surface area contributed by atoms with Crippen LogP contribution in [0.25, 0.3) is 0 Å². The summed E-state index contributed by atoms with van der Waals surface area (Å²) in [5, 5.41) is 54.3. The smallest absolute Gasteiger partial charge is 0.306 e. The van der Waals surface area contributed by atoms with Crippen molar-refractivity contribution in [3.8, 4) is 0 Å². The molecule has 0 bridgehead atoms. The fourth-order valence-electron chi connectivity index (χ4n) is 1.61. The topological polar surface area (TPSA) is 192 Å². The minimum atomic E-state index is -1.12. The van der Waals surface area contributed by atoms with Crippen molar-refractivity contribution in [1.29, 1.82) is 0 Å². The van der Waals surface area contributed by atoms with Gasteiger partial charge in [0.25, 0.3) is 0 Å². The molecule has 12 heteroatoms. The molecule has 4 unspecified atom stereocenters. The molecular formula is C16H30O12. The van der Waals surface area contributed by atoms with Gasteiger partial charge in [-0.1, -0.05) is 0 Å². The summed E-state index contributed by atoms with van der Waals surface area (Å²) in [6, 6.07) is 0. The highest BCUT2D eigenvalue weighted by Crippen LogP contribution is 1.99. The van der Waals surface area contributed by atoms with Gasteiger partial charge in [0, 0.05) is 0 Å². The van der Waals surface area contributed by atoms with Crippen molar-refractivity contribution in [3.63, 3.8) is 0 Å². The Balaban J connectivity index is 3.73. The van der Waals surface area contributed by atoms with Gasteiger partial charge < -0.3 is 49.6 Å². The van der Waals surface area contributed by atoms with E-state index in [0.717, 1.165) is 0 Å². The standard InChI is InChI=1S/C16H30O12/c17-3-11(19)5-25-7-13(21)9-27-15(23)1-2-16(24)28-10-14(22)8-26-6-12(20)4-18/h11-14,17-22H,1-10H2. The molecule has 0 heterocycles. The van der Waals surface area contributed by atoms with Crippen molar-refractivity contribution in [2.75, 3.05) is 52.9 Å². The summed E-state index contributed by atoms with van der Waals surface area (Å²) in [7, 11) is 0. The maximum atomic E-state index is 11.5. The molecule has 0 saturated heterocycles. The van der Waals surface area contributed by atoms with Crippen LogP contribution in [0.15, 0.2) is 0 Å². The molecule has 0 spiro atoms. The third kappa shape index (κ3) is 15.7. The average molecular weight is 414 g/mol. The number of ether oxygens (including phenoxy) is 4. The van der Waals surface area contributed by atoms with Crippen molar-refractivity contribution in [2.45, 2.75) is 37.3 Å². The second-order valence-electron chi connectivity index (χ2n) is 5.92. The largest absolute Gasteiger partial charge is 0.463 e. The Morgan fingerprint density at radius 3 is 1.21 bits per heavy atom. The molecule has 0 saturated carbocycles. The van der Waals surface area contributed by atoms with Crippen LogP contribution in [-0.4, -0.2) is 120 Å². The molecule has 0 aromatic rings. The Bertz CT molecular complexity index is 380. The van der Waals surface area contributed by atoms with E-state index >= 15 is 0 Å². The molecule has 28 heavy (non-hydrogen) atoms. The molecule has 0 aliphatic heterocycles. The van der Waals surface area contributed by atoms with Gasteiger partial charge in [-0.15, -0.1) is 0 Å². The molecule has 0 aliphatic rings. The fourth-order valence-corrected chi connectivity index (χ4v) is 1.61. The molecule has 0 rings (SSSR count). The van der Waals surface area contributed by atoms with Crippen molar-refractivity contribution in [1.82, 2.24) is 0 Å². The van der Waals surface area contributed by atoms with Crippen LogP contribution in [-0.2, 0) is 28.5 Å². The first-order valence-electron chi connectivity index (χ1n) is 8.69. The van der Waals surface area contributed by atoms with Gasteiger partial charge >= 0.3 is 11.9 Å². The first-order valence-corrected chi connectivity index (χ1v) is 8.69. The zero-order valence-corrected chi connectivity index (χ0v) is 15.5. The molecule has 6 N–H and O–H groups in total. The predicted molar refractivity (Wildman–Crippen MR) is 91.0 cm³/mol. The molecule has 0 aromatic carbocycles. The quantitative estimate of drug-likeness (QED) is 0.128. The summed E-state index contributed by atoms with van der Waals surface area (Å²) in [6.07, 6.45) is -4.94. The lowest BCUT2D eigenvalue weighted by atomic mass is 10.3. The molecule has 0 aliphatic carbocycles. The van der Waals surface area contributed by atoms with Gasteiger partial charge in [0.2, 0.25) is 0 Å². The first-order chi connectivity index (χ1) is 13.3. The predicted octanol–water partition coefficient (Wildman–Crippen LogP) is -3.69. The van der Waals surface area contributed by atoms with E-state index in [-0.39, 0.29) is 52.5 Å². The number of carbonyl (C=O) groups excluding carboxylic acids is 2. The summed E-state index contributed by atoms with van der Waals surface area (Å²) in [5.41, 5.74) is 0. The highest BCUT2D eigenvalue weighted by atomic mass is 16.6. The summed E-state index contributed by atoms with van der Waals surface area (Å²) in [6.45, 7) is -2.43. The lowest BCUT2D eigenvalue weighted by Crippen LogP contribution is -2.28. The lowest BCUT2D eigenvalue weighted by molar-refractivity contribution is -0.154. The first kappa shape index (κ1) is 26.6. The SMILES string of the molecule is O=C(CCC(=O)OCC(O)COCC(O)CO)OCC(O)COCC(O)CO. The van der Waals surface area contributed by atoms with Crippen molar-refractivity contribution < 1.29 is 59.2 Å². The highest BCUT2D eigenvalue weighted by molar-refractivity contribution is 5.77. The van der Waals surface area contributed by atoms with Gasteiger partial charge in [0.15, 0.2) is 0 Å². The molecule has 12 nitrogen and oxygen atoms in total. The van der Waals surface area contributed by atoms with E-state index in [4.69, 9.17) is 39.4 Å². The second-order valence-corrected chi connectivity index (χ2v) is 5.92. The molecule has 4 atom stereocenters. The molecular weight excluding hydrogens is 384 g/mol. The normalized spacial score (nSPS) is 15.5. The summed E-state index contributed by atoms with van der Waals surface area (Å²) >= 11 is 0. The van der Waals surface area contributed by atoms with Gasteiger partial charge in [0.1, 0.15) is 37.6 Å². The van der Waals surface area contributed by atoms with Crippen LogP contribution in [0.1, 0.15) is 12.8 Å². The van der Waals surface area contributed by atoms with E-state index in [1.165, 1.54) is 0 Å². The zero-order chi connectivity index (χ0) is 21.4. The van der Waals surface area contributed by atoms with Crippen LogP contribution in [0.2, 0.25) is 0 Å². The van der Waals surface area contributed by atoms with E-state index in [1.54, 1.807) is 0 Å². The molecule has 166 valence electrons. The minimum Gasteiger partial charge on any atom is -0.463 e. The summed E-state index contributed by atoms with van der Waals surface area (Å²) in [4.78, 5) is 23.0. The third-order valence-electron chi connectivity index (χ3n) is 3.07. The van der Waals surface area contributed by atoms with Gasteiger partial charge in [0.05, 0.1) is 52.5 Å². The van der Waals surface area contributed by atoms with E-state index in [1.807, 2.05) is 0 Å². The Kier molecular flexibility index (Phi) is 15.7. The minimum absolute atomic E-state index is 0.174. The maximum absolute atomic E-state index is 11.5. The fraction of sp³-hybridized carbons (Fsp3) is 0.875. The van der Waals surface area contributed by atoms with E-state index in [9.17, 15) is 19.8 Å². The number of aliphatic hydroxyl groups excluding tert-OH is 6. The summed E-state index contributed by atoms with van der Waals surface area (Å²) in [5.74, 6) is -1.48.